The number of hydrogen-bond acceptors (Lipinski definition) is 5. The number of pyridine rings is 1. The van der Waals surface area contributed by atoms with Crippen LogP contribution in [0.25, 0.3) is 0 Å². The monoisotopic (exact) mass is 278 g/mol. The lowest BCUT2D eigenvalue weighted by atomic mass is 10.1. The fourth-order valence-electron chi connectivity index (χ4n) is 2.38. The molecule has 2 rings (SSSR count). The SMILES string of the molecule is CN(Cc1ccc(C(=O)NN)cn1)CC1CCCCO1. The van der Waals surface area contributed by atoms with E-state index in [1.807, 2.05) is 6.07 Å². The average molecular weight is 278 g/mol. The fraction of sp³-hybridized carbons (Fsp3) is 0.571. The second-order valence-electron chi connectivity index (χ2n) is 5.20. The van der Waals surface area contributed by atoms with Gasteiger partial charge in [-0.05, 0) is 38.4 Å². The van der Waals surface area contributed by atoms with Gasteiger partial charge in [0.2, 0.25) is 0 Å². The molecule has 1 unspecified atom stereocenters. The number of hydrazine groups is 1. The summed E-state index contributed by atoms with van der Waals surface area (Å²) in [6, 6.07) is 3.58. The Bertz CT molecular complexity index is 429. The number of carbonyl (C=O) groups is 1. The molecule has 20 heavy (non-hydrogen) atoms. The summed E-state index contributed by atoms with van der Waals surface area (Å²) in [6.07, 6.45) is 5.43. The van der Waals surface area contributed by atoms with Gasteiger partial charge in [-0.15, -0.1) is 0 Å². The predicted molar refractivity (Wildman–Crippen MR) is 75.8 cm³/mol. The highest BCUT2D eigenvalue weighted by atomic mass is 16.5. The van der Waals surface area contributed by atoms with Crippen molar-refractivity contribution in [1.29, 1.82) is 0 Å². The molecule has 6 heteroatoms. The summed E-state index contributed by atoms with van der Waals surface area (Å²) in [6.45, 7) is 2.52. The molecule has 110 valence electrons. The number of aromatic nitrogens is 1. The van der Waals surface area contributed by atoms with E-state index >= 15 is 0 Å². The normalized spacial score (nSPS) is 19.1. The van der Waals surface area contributed by atoms with Crippen LogP contribution in [-0.4, -0.2) is 42.1 Å². The summed E-state index contributed by atoms with van der Waals surface area (Å²) in [5.74, 6) is 4.75. The van der Waals surface area contributed by atoms with Crippen molar-refractivity contribution in [3.05, 3.63) is 29.6 Å². The topological polar surface area (TPSA) is 80.5 Å². The van der Waals surface area contributed by atoms with Gasteiger partial charge in [-0.3, -0.25) is 20.1 Å². The maximum atomic E-state index is 11.3. The molecular weight excluding hydrogens is 256 g/mol. The van der Waals surface area contributed by atoms with Crippen molar-refractivity contribution in [1.82, 2.24) is 15.3 Å². The third-order valence-corrected chi connectivity index (χ3v) is 3.44. The Morgan fingerprint density at radius 3 is 3.00 bits per heavy atom. The van der Waals surface area contributed by atoms with Gasteiger partial charge in [-0.25, -0.2) is 5.84 Å². The first-order chi connectivity index (χ1) is 9.69. The van der Waals surface area contributed by atoms with E-state index < -0.39 is 0 Å². The molecule has 0 spiro atoms. The molecule has 1 atom stereocenters. The number of nitrogens with zero attached hydrogens (tertiary/aromatic N) is 2. The minimum Gasteiger partial charge on any atom is -0.377 e. The number of ether oxygens (including phenoxy) is 1. The smallest absolute Gasteiger partial charge is 0.266 e. The van der Waals surface area contributed by atoms with Crippen LogP contribution in [0, 0.1) is 0 Å². The van der Waals surface area contributed by atoms with E-state index in [9.17, 15) is 4.79 Å². The Morgan fingerprint density at radius 1 is 1.55 bits per heavy atom. The lowest BCUT2D eigenvalue weighted by molar-refractivity contribution is -0.00274. The summed E-state index contributed by atoms with van der Waals surface area (Å²) in [7, 11) is 2.06. The zero-order valence-electron chi connectivity index (χ0n) is 11.8. The van der Waals surface area contributed by atoms with Gasteiger partial charge in [0.05, 0.1) is 17.4 Å². The van der Waals surface area contributed by atoms with Crippen molar-refractivity contribution in [2.45, 2.75) is 31.9 Å². The number of rotatable bonds is 5. The first-order valence-corrected chi connectivity index (χ1v) is 6.95. The van der Waals surface area contributed by atoms with Crippen LogP contribution in [0.1, 0.15) is 35.3 Å². The van der Waals surface area contributed by atoms with Crippen LogP contribution in [0.4, 0.5) is 0 Å². The molecule has 2 heterocycles. The number of carbonyl (C=O) groups excluding carboxylic acids is 1. The predicted octanol–water partition coefficient (Wildman–Crippen LogP) is 0.686. The Labute approximate surface area is 119 Å². The highest BCUT2D eigenvalue weighted by Gasteiger charge is 2.16. The molecule has 1 aliphatic heterocycles. The number of hydrogen-bond donors (Lipinski definition) is 2. The third-order valence-electron chi connectivity index (χ3n) is 3.44. The molecule has 0 saturated carbocycles. The summed E-state index contributed by atoms with van der Waals surface area (Å²) in [5, 5.41) is 0. The standard InChI is InChI=1S/C14H22N4O2/c1-18(10-13-4-2-3-7-20-13)9-12-6-5-11(8-16-12)14(19)17-15/h5-6,8,13H,2-4,7,9-10,15H2,1H3,(H,17,19). The van der Waals surface area contributed by atoms with Gasteiger partial charge in [0.25, 0.3) is 5.91 Å². The Hall–Kier alpha value is -1.50. The van der Waals surface area contributed by atoms with E-state index in [1.165, 1.54) is 12.8 Å². The molecule has 0 aromatic carbocycles. The van der Waals surface area contributed by atoms with Crippen molar-refractivity contribution < 1.29 is 9.53 Å². The highest BCUT2D eigenvalue weighted by molar-refractivity contribution is 5.93. The highest BCUT2D eigenvalue weighted by Crippen LogP contribution is 2.14. The van der Waals surface area contributed by atoms with Crippen molar-refractivity contribution in [3.63, 3.8) is 0 Å². The van der Waals surface area contributed by atoms with Gasteiger partial charge in [0.15, 0.2) is 0 Å². The molecule has 1 aromatic heterocycles. The van der Waals surface area contributed by atoms with Gasteiger partial charge >= 0.3 is 0 Å². The third kappa shape index (κ3) is 4.26. The minimum atomic E-state index is -0.326. The van der Waals surface area contributed by atoms with Crippen molar-refractivity contribution >= 4 is 5.91 Å². The molecular formula is C14H22N4O2. The summed E-state index contributed by atoms with van der Waals surface area (Å²) >= 11 is 0. The number of nitrogens with one attached hydrogen (secondary N) is 1. The zero-order valence-corrected chi connectivity index (χ0v) is 11.8. The summed E-state index contributed by atoms with van der Waals surface area (Å²) < 4.78 is 5.72. The van der Waals surface area contributed by atoms with Gasteiger partial charge in [-0.2, -0.15) is 0 Å². The number of nitrogens with two attached hydrogens (primary N) is 1. The van der Waals surface area contributed by atoms with Crippen LogP contribution in [0.2, 0.25) is 0 Å². The molecule has 3 N–H and O–H groups in total. The largest absolute Gasteiger partial charge is 0.377 e. The zero-order chi connectivity index (χ0) is 14.4. The van der Waals surface area contributed by atoms with E-state index in [0.29, 0.717) is 11.7 Å². The van der Waals surface area contributed by atoms with Gasteiger partial charge in [-0.1, -0.05) is 0 Å². The molecule has 0 radical (unpaired) electrons. The minimum absolute atomic E-state index is 0.326. The molecule has 0 aliphatic carbocycles. The van der Waals surface area contributed by atoms with Crippen LogP contribution < -0.4 is 11.3 Å². The van der Waals surface area contributed by atoms with E-state index in [0.717, 1.165) is 31.8 Å². The van der Waals surface area contributed by atoms with E-state index in [1.54, 1.807) is 12.3 Å². The first kappa shape index (κ1) is 14.9. The molecule has 0 bridgehead atoms. The number of nitrogen functional groups attached to an aromatic ring is 1. The summed E-state index contributed by atoms with van der Waals surface area (Å²) in [5.41, 5.74) is 3.48. The van der Waals surface area contributed by atoms with Gasteiger partial charge in [0, 0.05) is 25.9 Å². The maximum absolute atomic E-state index is 11.3. The second-order valence-corrected chi connectivity index (χ2v) is 5.20. The lowest BCUT2D eigenvalue weighted by Crippen LogP contribution is -2.33. The second kappa shape index (κ2) is 7.33. The van der Waals surface area contributed by atoms with Crippen LogP contribution in [0.5, 0.6) is 0 Å². The fourth-order valence-corrected chi connectivity index (χ4v) is 2.38. The van der Waals surface area contributed by atoms with Crippen molar-refractivity contribution in [2.24, 2.45) is 5.84 Å². The molecule has 6 nitrogen and oxygen atoms in total. The van der Waals surface area contributed by atoms with E-state index in [-0.39, 0.29) is 5.91 Å². The molecule has 1 aliphatic rings. The summed E-state index contributed by atoms with van der Waals surface area (Å²) in [4.78, 5) is 17.8. The van der Waals surface area contributed by atoms with Crippen LogP contribution in [0.3, 0.4) is 0 Å². The van der Waals surface area contributed by atoms with Crippen LogP contribution >= 0.6 is 0 Å². The van der Waals surface area contributed by atoms with Crippen LogP contribution in [0.15, 0.2) is 18.3 Å². The first-order valence-electron chi connectivity index (χ1n) is 6.95. The van der Waals surface area contributed by atoms with Gasteiger partial charge in [0.1, 0.15) is 0 Å². The van der Waals surface area contributed by atoms with Gasteiger partial charge < -0.3 is 4.74 Å². The van der Waals surface area contributed by atoms with Crippen LogP contribution in [-0.2, 0) is 11.3 Å². The lowest BCUT2D eigenvalue weighted by Gasteiger charge is -2.27. The maximum Gasteiger partial charge on any atom is 0.266 e. The number of amides is 1. The Morgan fingerprint density at radius 2 is 2.40 bits per heavy atom. The molecule has 1 aromatic rings. The number of likely N-dealkylation sites (N-methyl/N-ethyl adjacent to an activating group) is 1. The quantitative estimate of drug-likeness (QED) is 0.470. The average Bonchev–Trinajstić information content (AvgIpc) is 2.48. The van der Waals surface area contributed by atoms with Crippen molar-refractivity contribution in [3.8, 4) is 0 Å². The molecule has 1 amide bonds. The molecule has 1 saturated heterocycles. The van der Waals surface area contributed by atoms with E-state index in [2.05, 4.69) is 22.4 Å². The molecule has 1 fully saturated rings. The Kier molecular flexibility index (Phi) is 5.46. The van der Waals surface area contributed by atoms with Crippen molar-refractivity contribution in [2.75, 3.05) is 20.2 Å². The Balaban J connectivity index is 1.84. The van der Waals surface area contributed by atoms with E-state index in [4.69, 9.17) is 10.6 Å².